The molecule has 1 rings (SSSR count). The van der Waals surface area contributed by atoms with Crippen molar-refractivity contribution in [3.63, 3.8) is 0 Å². The molecule has 1 aromatic carbocycles. The lowest BCUT2D eigenvalue weighted by atomic mass is 10.0. The summed E-state index contributed by atoms with van der Waals surface area (Å²) >= 11 is 0. The number of benzene rings is 1. The highest BCUT2D eigenvalue weighted by Gasteiger charge is 1.98. The van der Waals surface area contributed by atoms with Crippen molar-refractivity contribution in [1.29, 1.82) is 0 Å². The fourth-order valence-electron chi connectivity index (χ4n) is 1.49. The summed E-state index contributed by atoms with van der Waals surface area (Å²) < 4.78 is 0. The molecule has 1 aromatic rings. The minimum absolute atomic E-state index is 0.746. The van der Waals surface area contributed by atoms with Crippen LogP contribution in [0.5, 0.6) is 0 Å². The molecule has 1 heteroatoms. The van der Waals surface area contributed by atoms with Gasteiger partial charge in [-0.3, -0.25) is 0 Å². The van der Waals surface area contributed by atoms with Crippen molar-refractivity contribution in [2.75, 3.05) is 6.54 Å². The van der Waals surface area contributed by atoms with E-state index in [-0.39, 0.29) is 0 Å². The zero-order valence-corrected chi connectivity index (χ0v) is 7.93. The van der Waals surface area contributed by atoms with Gasteiger partial charge in [0.2, 0.25) is 0 Å². The summed E-state index contributed by atoms with van der Waals surface area (Å²) in [4.78, 5) is 0. The first-order valence-corrected chi connectivity index (χ1v) is 4.56. The SMILES string of the molecule is CCc1ccc(C)cc1CCN. The third kappa shape index (κ3) is 2.08. The van der Waals surface area contributed by atoms with Crippen LogP contribution in [-0.4, -0.2) is 6.54 Å². The molecule has 0 heterocycles. The highest BCUT2D eigenvalue weighted by molar-refractivity contribution is 5.31. The molecule has 0 atom stereocenters. The van der Waals surface area contributed by atoms with E-state index >= 15 is 0 Å². The Morgan fingerprint density at radius 3 is 2.58 bits per heavy atom. The molecule has 0 spiro atoms. The van der Waals surface area contributed by atoms with Gasteiger partial charge in [0.25, 0.3) is 0 Å². The first kappa shape index (κ1) is 9.27. The molecule has 0 aromatic heterocycles. The van der Waals surface area contributed by atoms with Crippen LogP contribution in [0.15, 0.2) is 18.2 Å². The van der Waals surface area contributed by atoms with E-state index < -0.39 is 0 Å². The molecule has 0 saturated heterocycles. The Hall–Kier alpha value is -0.820. The van der Waals surface area contributed by atoms with E-state index in [4.69, 9.17) is 5.73 Å². The second-order valence-electron chi connectivity index (χ2n) is 3.16. The maximum absolute atomic E-state index is 5.53. The molecule has 0 amide bonds. The highest BCUT2D eigenvalue weighted by atomic mass is 14.5. The predicted molar refractivity (Wildman–Crippen MR) is 53.3 cm³/mol. The Balaban J connectivity index is 2.95. The third-order valence-electron chi connectivity index (χ3n) is 2.16. The van der Waals surface area contributed by atoms with Gasteiger partial charge in [-0.05, 0) is 37.4 Å². The van der Waals surface area contributed by atoms with Crippen molar-refractivity contribution in [3.8, 4) is 0 Å². The van der Waals surface area contributed by atoms with Crippen molar-refractivity contribution >= 4 is 0 Å². The molecule has 0 saturated carbocycles. The summed E-state index contributed by atoms with van der Waals surface area (Å²) in [5.41, 5.74) is 9.72. The average Bonchev–Trinajstić information content (AvgIpc) is 2.05. The van der Waals surface area contributed by atoms with Crippen molar-refractivity contribution < 1.29 is 0 Å². The van der Waals surface area contributed by atoms with E-state index in [0.717, 1.165) is 19.4 Å². The Morgan fingerprint density at radius 2 is 2.00 bits per heavy atom. The lowest BCUT2D eigenvalue weighted by Gasteiger charge is -2.07. The Labute approximate surface area is 74.6 Å². The quantitative estimate of drug-likeness (QED) is 0.725. The largest absolute Gasteiger partial charge is 0.330 e. The van der Waals surface area contributed by atoms with Crippen LogP contribution in [-0.2, 0) is 12.8 Å². The monoisotopic (exact) mass is 163 g/mol. The summed E-state index contributed by atoms with van der Waals surface area (Å²) in [6.45, 7) is 5.06. The molecule has 0 radical (unpaired) electrons. The number of aryl methyl sites for hydroxylation is 2. The van der Waals surface area contributed by atoms with Gasteiger partial charge in [0.05, 0.1) is 0 Å². The smallest absolute Gasteiger partial charge is 0.00366 e. The third-order valence-corrected chi connectivity index (χ3v) is 2.16. The van der Waals surface area contributed by atoms with Gasteiger partial charge < -0.3 is 5.73 Å². The van der Waals surface area contributed by atoms with Crippen molar-refractivity contribution in [2.24, 2.45) is 5.73 Å². The van der Waals surface area contributed by atoms with Crippen LogP contribution >= 0.6 is 0 Å². The molecular formula is C11H17N. The van der Waals surface area contributed by atoms with Gasteiger partial charge in [0.15, 0.2) is 0 Å². The zero-order chi connectivity index (χ0) is 8.97. The van der Waals surface area contributed by atoms with Crippen LogP contribution in [0.3, 0.4) is 0 Å². The number of hydrogen-bond acceptors (Lipinski definition) is 1. The van der Waals surface area contributed by atoms with Crippen LogP contribution < -0.4 is 5.73 Å². The van der Waals surface area contributed by atoms with Gasteiger partial charge in [-0.1, -0.05) is 30.7 Å². The lowest BCUT2D eigenvalue weighted by Crippen LogP contribution is -2.05. The highest BCUT2D eigenvalue weighted by Crippen LogP contribution is 2.12. The van der Waals surface area contributed by atoms with Crippen LogP contribution in [0, 0.1) is 6.92 Å². The van der Waals surface area contributed by atoms with Gasteiger partial charge >= 0.3 is 0 Å². The molecule has 0 unspecified atom stereocenters. The maximum Gasteiger partial charge on any atom is -0.00366 e. The summed E-state index contributed by atoms with van der Waals surface area (Å²) in [6.07, 6.45) is 2.11. The first-order valence-electron chi connectivity index (χ1n) is 4.56. The lowest BCUT2D eigenvalue weighted by molar-refractivity contribution is 0.937. The molecule has 2 N–H and O–H groups in total. The van der Waals surface area contributed by atoms with Gasteiger partial charge in [0, 0.05) is 0 Å². The van der Waals surface area contributed by atoms with Gasteiger partial charge in [-0.15, -0.1) is 0 Å². The normalized spacial score (nSPS) is 10.2. The summed E-state index contributed by atoms with van der Waals surface area (Å²) in [6, 6.07) is 6.62. The minimum atomic E-state index is 0.746. The first-order chi connectivity index (χ1) is 5.77. The van der Waals surface area contributed by atoms with Crippen molar-refractivity contribution in [2.45, 2.75) is 26.7 Å². The van der Waals surface area contributed by atoms with Gasteiger partial charge in [-0.25, -0.2) is 0 Å². The maximum atomic E-state index is 5.53. The number of rotatable bonds is 3. The molecule has 0 fully saturated rings. The Bertz CT molecular complexity index is 253. The van der Waals surface area contributed by atoms with Gasteiger partial charge in [0.1, 0.15) is 0 Å². The van der Waals surface area contributed by atoms with Gasteiger partial charge in [-0.2, -0.15) is 0 Å². The Kier molecular flexibility index (Phi) is 3.30. The summed E-state index contributed by atoms with van der Waals surface area (Å²) in [7, 11) is 0. The predicted octanol–water partition coefficient (Wildman–Crippen LogP) is 2.06. The second kappa shape index (κ2) is 4.27. The van der Waals surface area contributed by atoms with E-state index in [2.05, 4.69) is 32.0 Å². The van der Waals surface area contributed by atoms with Crippen LogP contribution in [0.4, 0.5) is 0 Å². The number of hydrogen-bond donors (Lipinski definition) is 1. The van der Waals surface area contributed by atoms with Crippen molar-refractivity contribution in [3.05, 3.63) is 34.9 Å². The van der Waals surface area contributed by atoms with E-state index in [1.165, 1.54) is 16.7 Å². The number of nitrogens with two attached hydrogens (primary N) is 1. The van der Waals surface area contributed by atoms with Crippen molar-refractivity contribution in [1.82, 2.24) is 0 Å². The fraction of sp³-hybridized carbons (Fsp3) is 0.455. The van der Waals surface area contributed by atoms with E-state index in [1.54, 1.807) is 0 Å². The fourth-order valence-corrected chi connectivity index (χ4v) is 1.49. The Morgan fingerprint density at radius 1 is 1.25 bits per heavy atom. The molecule has 0 aliphatic heterocycles. The summed E-state index contributed by atoms with van der Waals surface area (Å²) in [5.74, 6) is 0. The molecular weight excluding hydrogens is 146 g/mol. The standard InChI is InChI=1S/C11H17N/c1-3-10-5-4-9(2)8-11(10)6-7-12/h4-5,8H,3,6-7,12H2,1-2H3. The second-order valence-corrected chi connectivity index (χ2v) is 3.16. The molecule has 1 nitrogen and oxygen atoms in total. The molecule has 0 aliphatic rings. The average molecular weight is 163 g/mol. The van der Waals surface area contributed by atoms with Crippen LogP contribution in [0.2, 0.25) is 0 Å². The van der Waals surface area contributed by atoms with Crippen LogP contribution in [0.1, 0.15) is 23.6 Å². The summed E-state index contributed by atoms with van der Waals surface area (Å²) in [5, 5.41) is 0. The topological polar surface area (TPSA) is 26.0 Å². The van der Waals surface area contributed by atoms with E-state index in [9.17, 15) is 0 Å². The molecule has 0 aliphatic carbocycles. The molecule has 66 valence electrons. The van der Waals surface area contributed by atoms with Crippen LogP contribution in [0.25, 0.3) is 0 Å². The molecule has 0 bridgehead atoms. The molecule has 12 heavy (non-hydrogen) atoms. The van der Waals surface area contributed by atoms with E-state index in [1.807, 2.05) is 0 Å². The minimum Gasteiger partial charge on any atom is -0.330 e. The zero-order valence-electron chi connectivity index (χ0n) is 7.93. The van der Waals surface area contributed by atoms with E-state index in [0.29, 0.717) is 0 Å².